The number of hydrogen-bond acceptors (Lipinski definition) is 4. The number of carboxylic acid groups (broad SMARTS) is 1. The van der Waals surface area contributed by atoms with E-state index in [0.29, 0.717) is 0 Å². The van der Waals surface area contributed by atoms with Crippen LogP contribution in [0.4, 0.5) is 14.5 Å². The number of nitrogens with zero attached hydrogens (tertiary/aromatic N) is 1. The third-order valence-electron chi connectivity index (χ3n) is 1.74. The van der Waals surface area contributed by atoms with Crippen molar-refractivity contribution < 1.29 is 23.4 Å². The number of carboxylic acids is 1. The van der Waals surface area contributed by atoms with E-state index in [2.05, 4.69) is 9.72 Å². The van der Waals surface area contributed by atoms with Crippen molar-refractivity contribution in [2.45, 2.75) is 6.43 Å². The maximum atomic E-state index is 12.4. The Morgan fingerprint density at radius 3 is 2.67 bits per heavy atom. The topological polar surface area (TPSA) is 85.4 Å². The lowest BCUT2D eigenvalue weighted by molar-refractivity contribution is 0.0696. The molecule has 1 aromatic rings. The zero-order valence-corrected chi connectivity index (χ0v) is 7.70. The van der Waals surface area contributed by atoms with E-state index in [4.69, 9.17) is 10.8 Å². The monoisotopic (exact) mass is 218 g/mol. The van der Waals surface area contributed by atoms with Gasteiger partial charge in [0.25, 0.3) is 6.43 Å². The lowest BCUT2D eigenvalue weighted by Crippen LogP contribution is -2.08. The number of hydrogen-bond donors (Lipinski definition) is 2. The quantitative estimate of drug-likeness (QED) is 0.798. The highest BCUT2D eigenvalue weighted by Crippen LogP contribution is 2.33. The van der Waals surface area contributed by atoms with Gasteiger partial charge in [0.05, 0.1) is 12.8 Å². The number of anilines is 1. The molecule has 0 saturated heterocycles. The SMILES string of the molecule is COc1c(C(F)F)ncc(C(=O)O)c1N. The van der Waals surface area contributed by atoms with E-state index in [1.807, 2.05) is 0 Å². The summed E-state index contributed by atoms with van der Waals surface area (Å²) in [7, 11) is 1.12. The largest absolute Gasteiger partial charge is 0.492 e. The number of aromatic carboxylic acids is 1. The van der Waals surface area contributed by atoms with Crippen LogP contribution in [-0.2, 0) is 0 Å². The Bertz CT molecular complexity index is 396. The molecule has 0 fully saturated rings. The van der Waals surface area contributed by atoms with Crippen molar-refractivity contribution in [3.8, 4) is 5.75 Å². The second kappa shape index (κ2) is 4.07. The van der Waals surface area contributed by atoms with Crippen LogP contribution >= 0.6 is 0 Å². The van der Waals surface area contributed by atoms with Crippen LogP contribution in [-0.4, -0.2) is 23.2 Å². The normalized spacial score (nSPS) is 10.4. The molecular formula is C8H8F2N2O3. The molecule has 3 N–H and O–H groups in total. The molecule has 0 aliphatic carbocycles. The number of ether oxygens (including phenoxy) is 1. The number of rotatable bonds is 3. The molecule has 0 unspecified atom stereocenters. The summed E-state index contributed by atoms with van der Waals surface area (Å²) >= 11 is 0. The van der Waals surface area contributed by atoms with Gasteiger partial charge < -0.3 is 15.6 Å². The van der Waals surface area contributed by atoms with Gasteiger partial charge in [-0.3, -0.25) is 4.98 Å². The number of halogens is 2. The Labute approximate surface area is 83.5 Å². The van der Waals surface area contributed by atoms with Gasteiger partial charge in [-0.1, -0.05) is 0 Å². The summed E-state index contributed by atoms with van der Waals surface area (Å²) in [6.45, 7) is 0. The maximum Gasteiger partial charge on any atom is 0.339 e. The summed E-state index contributed by atoms with van der Waals surface area (Å²) in [6.07, 6.45) is -2.09. The zero-order chi connectivity index (χ0) is 11.6. The predicted octanol–water partition coefficient (Wildman–Crippen LogP) is 1.31. The van der Waals surface area contributed by atoms with Gasteiger partial charge in [-0.25, -0.2) is 13.6 Å². The van der Waals surface area contributed by atoms with Crippen LogP contribution in [0.25, 0.3) is 0 Å². The smallest absolute Gasteiger partial charge is 0.339 e. The van der Waals surface area contributed by atoms with Crippen molar-refractivity contribution in [3.63, 3.8) is 0 Å². The van der Waals surface area contributed by atoms with E-state index in [-0.39, 0.29) is 11.3 Å². The summed E-state index contributed by atoms with van der Waals surface area (Å²) in [6, 6.07) is 0. The van der Waals surface area contributed by atoms with Gasteiger partial charge in [0, 0.05) is 6.20 Å². The minimum Gasteiger partial charge on any atom is -0.492 e. The zero-order valence-electron chi connectivity index (χ0n) is 7.70. The van der Waals surface area contributed by atoms with Gasteiger partial charge in [0.15, 0.2) is 11.4 Å². The fourth-order valence-corrected chi connectivity index (χ4v) is 1.06. The Kier molecular flexibility index (Phi) is 3.03. The fraction of sp³-hybridized carbons (Fsp3) is 0.250. The molecular weight excluding hydrogens is 210 g/mol. The van der Waals surface area contributed by atoms with E-state index in [1.165, 1.54) is 0 Å². The first kappa shape index (κ1) is 11.2. The van der Waals surface area contributed by atoms with Gasteiger partial charge >= 0.3 is 5.97 Å². The predicted molar refractivity (Wildman–Crippen MR) is 47.1 cm³/mol. The summed E-state index contributed by atoms with van der Waals surface area (Å²) in [5.74, 6) is -1.75. The number of pyridine rings is 1. The van der Waals surface area contributed by atoms with Gasteiger partial charge in [-0.05, 0) is 0 Å². The van der Waals surface area contributed by atoms with Gasteiger partial charge in [0.1, 0.15) is 5.56 Å². The number of aromatic nitrogens is 1. The minimum absolute atomic E-state index is 0.352. The van der Waals surface area contributed by atoms with Crippen molar-refractivity contribution in [2.75, 3.05) is 12.8 Å². The van der Waals surface area contributed by atoms with Gasteiger partial charge in [0.2, 0.25) is 0 Å². The van der Waals surface area contributed by atoms with Crippen molar-refractivity contribution in [1.29, 1.82) is 0 Å². The van der Waals surface area contributed by atoms with Crippen LogP contribution in [0.2, 0.25) is 0 Å². The second-order valence-electron chi connectivity index (χ2n) is 2.61. The Balaban J connectivity index is 3.39. The number of carbonyl (C=O) groups is 1. The van der Waals surface area contributed by atoms with E-state index in [0.717, 1.165) is 13.3 Å². The van der Waals surface area contributed by atoms with Crippen LogP contribution < -0.4 is 10.5 Å². The highest BCUT2D eigenvalue weighted by atomic mass is 19.3. The molecule has 5 nitrogen and oxygen atoms in total. The molecule has 1 aromatic heterocycles. The van der Waals surface area contributed by atoms with Crippen molar-refractivity contribution in [1.82, 2.24) is 4.98 Å². The molecule has 82 valence electrons. The van der Waals surface area contributed by atoms with E-state index in [1.54, 1.807) is 0 Å². The number of alkyl halides is 2. The van der Waals surface area contributed by atoms with E-state index in [9.17, 15) is 13.6 Å². The van der Waals surface area contributed by atoms with E-state index < -0.39 is 23.8 Å². The van der Waals surface area contributed by atoms with Crippen LogP contribution in [0.15, 0.2) is 6.20 Å². The summed E-state index contributed by atoms with van der Waals surface area (Å²) in [5, 5.41) is 8.65. The summed E-state index contributed by atoms with van der Waals surface area (Å²) in [5.41, 5.74) is 3.97. The molecule has 0 amide bonds. The molecule has 0 saturated carbocycles. The molecule has 1 rings (SSSR count). The Morgan fingerprint density at radius 1 is 1.67 bits per heavy atom. The first-order valence-corrected chi connectivity index (χ1v) is 3.82. The van der Waals surface area contributed by atoms with Gasteiger partial charge in [-0.15, -0.1) is 0 Å². The highest BCUT2D eigenvalue weighted by Gasteiger charge is 2.22. The number of methoxy groups -OCH3 is 1. The first-order valence-electron chi connectivity index (χ1n) is 3.82. The lowest BCUT2D eigenvalue weighted by Gasteiger charge is -2.10. The number of nitrogen functional groups attached to an aromatic ring is 1. The molecule has 0 radical (unpaired) electrons. The van der Waals surface area contributed by atoms with Crippen LogP contribution in [0, 0.1) is 0 Å². The minimum atomic E-state index is -2.87. The van der Waals surface area contributed by atoms with Crippen molar-refractivity contribution in [3.05, 3.63) is 17.5 Å². The van der Waals surface area contributed by atoms with Crippen LogP contribution in [0.3, 0.4) is 0 Å². The van der Waals surface area contributed by atoms with Crippen LogP contribution in [0.1, 0.15) is 22.5 Å². The molecule has 7 heteroatoms. The summed E-state index contributed by atoms with van der Waals surface area (Å²) < 4.78 is 29.4. The Hall–Kier alpha value is -1.92. The maximum absolute atomic E-state index is 12.4. The lowest BCUT2D eigenvalue weighted by atomic mass is 10.2. The van der Waals surface area contributed by atoms with E-state index >= 15 is 0 Å². The summed E-state index contributed by atoms with van der Waals surface area (Å²) in [4.78, 5) is 13.9. The third kappa shape index (κ3) is 1.95. The third-order valence-corrected chi connectivity index (χ3v) is 1.74. The molecule has 0 atom stereocenters. The first-order chi connectivity index (χ1) is 6.99. The van der Waals surface area contributed by atoms with Crippen molar-refractivity contribution >= 4 is 11.7 Å². The Morgan fingerprint density at radius 2 is 2.27 bits per heavy atom. The second-order valence-corrected chi connectivity index (χ2v) is 2.61. The molecule has 15 heavy (non-hydrogen) atoms. The average Bonchev–Trinajstić information content (AvgIpc) is 2.16. The standard InChI is InChI=1S/C8H8F2N2O3/c1-15-6-4(11)3(8(13)14)2-12-5(6)7(9)10/h2,7H,1H3,(H2,11,12)(H,13,14). The molecule has 0 aromatic carbocycles. The number of nitrogens with two attached hydrogens (primary N) is 1. The fourth-order valence-electron chi connectivity index (χ4n) is 1.06. The molecule has 0 aliphatic heterocycles. The van der Waals surface area contributed by atoms with Crippen LogP contribution in [0.5, 0.6) is 5.75 Å². The molecule has 0 spiro atoms. The molecule has 0 aliphatic rings. The van der Waals surface area contributed by atoms with Crippen molar-refractivity contribution in [2.24, 2.45) is 0 Å². The molecule has 0 bridgehead atoms. The molecule has 1 heterocycles. The average molecular weight is 218 g/mol. The van der Waals surface area contributed by atoms with Gasteiger partial charge in [-0.2, -0.15) is 0 Å². The highest BCUT2D eigenvalue weighted by molar-refractivity contribution is 5.95.